The fourth-order valence-electron chi connectivity index (χ4n) is 2.70. The molecule has 7 heteroatoms. The Morgan fingerprint density at radius 2 is 1.92 bits per heavy atom. The molecule has 1 amide bonds. The van der Waals surface area contributed by atoms with E-state index < -0.39 is 10.8 Å². The zero-order chi connectivity index (χ0) is 18.7. The quantitative estimate of drug-likeness (QED) is 0.427. The van der Waals surface area contributed by atoms with Crippen LogP contribution in [0.25, 0.3) is 10.8 Å². The number of benzene rings is 3. The van der Waals surface area contributed by atoms with E-state index >= 15 is 0 Å². The number of nitrogens with one attached hydrogen (secondary N) is 1. The van der Waals surface area contributed by atoms with Crippen LogP contribution in [0.4, 0.5) is 5.69 Å². The standard InChI is InChI=1S/C19H15N3O4/c1-12-14(7-4-8-17(12)22(25)26)19(24)21-20-11-16-15-6-3-2-5-13(15)9-10-18(16)23/h2-11,23H,1H3,(H,21,24)/b20-11-. The summed E-state index contributed by atoms with van der Waals surface area (Å²) in [7, 11) is 0. The summed E-state index contributed by atoms with van der Waals surface area (Å²) in [6.45, 7) is 1.51. The highest BCUT2D eigenvalue weighted by atomic mass is 16.6. The van der Waals surface area contributed by atoms with Crippen LogP contribution in [0.3, 0.4) is 0 Å². The first-order valence-electron chi connectivity index (χ1n) is 7.77. The molecule has 130 valence electrons. The summed E-state index contributed by atoms with van der Waals surface area (Å²) in [6.07, 6.45) is 1.35. The minimum Gasteiger partial charge on any atom is -0.507 e. The number of hydrogen-bond donors (Lipinski definition) is 2. The smallest absolute Gasteiger partial charge is 0.273 e. The molecule has 26 heavy (non-hydrogen) atoms. The molecule has 0 fully saturated rings. The predicted molar refractivity (Wildman–Crippen MR) is 98.5 cm³/mol. The zero-order valence-electron chi connectivity index (χ0n) is 13.8. The van der Waals surface area contributed by atoms with Crippen molar-refractivity contribution in [3.05, 3.63) is 81.4 Å². The number of amides is 1. The summed E-state index contributed by atoms with van der Waals surface area (Å²) in [5.41, 5.74) is 3.11. The molecule has 0 heterocycles. The Hall–Kier alpha value is -3.74. The molecule has 3 aromatic rings. The Labute approximate surface area is 148 Å². The zero-order valence-corrected chi connectivity index (χ0v) is 13.8. The van der Waals surface area contributed by atoms with Crippen LogP contribution in [0.15, 0.2) is 59.7 Å². The first-order chi connectivity index (χ1) is 12.5. The maximum absolute atomic E-state index is 12.3. The minimum atomic E-state index is -0.567. The van der Waals surface area contributed by atoms with Gasteiger partial charge in [0.15, 0.2) is 0 Å². The van der Waals surface area contributed by atoms with Gasteiger partial charge in [0.1, 0.15) is 5.75 Å². The van der Waals surface area contributed by atoms with E-state index in [1.54, 1.807) is 12.1 Å². The molecule has 0 aliphatic heterocycles. The van der Waals surface area contributed by atoms with Gasteiger partial charge in [-0.2, -0.15) is 5.10 Å². The molecule has 0 atom stereocenters. The fraction of sp³-hybridized carbons (Fsp3) is 0.0526. The number of hydrazone groups is 1. The number of phenols is 1. The van der Waals surface area contributed by atoms with Gasteiger partial charge in [-0.25, -0.2) is 5.43 Å². The molecule has 0 unspecified atom stereocenters. The molecular weight excluding hydrogens is 334 g/mol. The van der Waals surface area contributed by atoms with Gasteiger partial charge in [0.2, 0.25) is 0 Å². The highest BCUT2D eigenvalue weighted by molar-refractivity contribution is 6.03. The monoisotopic (exact) mass is 349 g/mol. The second-order valence-electron chi connectivity index (χ2n) is 5.63. The third-order valence-electron chi connectivity index (χ3n) is 4.05. The van der Waals surface area contributed by atoms with Gasteiger partial charge < -0.3 is 5.11 Å². The van der Waals surface area contributed by atoms with Crippen molar-refractivity contribution < 1.29 is 14.8 Å². The Bertz CT molecular complexity index is 1040. The Morgan fingerprint density at radius 3 is 2.69 bits per heavy atom. The average molecular weight is 349 g/mol. The number of nitro benzene ring substituents is 1. The van der Waals surface area contributed by atoms with Crippen LogP contribution in [-0.2, 0) is 0 Å². The van der Waals surface area contributed by atoms with Crippen LogP contribution in [0.1, 0.15) is 21.5 Å². The lowest BCUT2D eigenvalue weighted by Crippen LogP contribution is -2.19. The number of carbonyl (C=O) groups is 1. The van der Waals surface area contributed by atoms with Gasteiger partial charge in [-0.15, -0.1) is 0 Å². The minimum absolute atomic E-state index is 0.0354. The molecule has 0 aromatic heterocycles. The van der Waals surface area contributed by atoms with E-state index in [2.05, 4.69) is 10.5 Å². The van der Waals surface area contributed by atoms with Gasteiger partial charge in [-0.05, 0) is 29.8 Å². The molecule has 0 radical (unpaired) electrons. The topological polar surface area (TPSA) is 105 Å². The highest BCUT2D eigenvalue weighted by Gasteiger charge is 2.17. The van der Waals surface area contributed by atoms with E-state index in [0.717, 1.165) is 10.8 Å². The Balaban J connectivity index is 1.86. The number of phenolic OH excluding ortho intramolecular Hbond substituents is 1. The van der Waals surface area contributed by atoms with Crippen LogP contribution in [0, 0.1) is 17.0 Å². The van der Waals surface area contributed by atoms with E-state index in [9.17, 15) is 20.0 Å². The largest absolute Gasteiger partial charge is 0.507 e. The number of nitrogens with zero attached hydrogens (tertiary/aromatic N) is 2. The molecule has 0 aliphatic rings. The van der Waals surface area contributed by atoms with Crippen molar-refractivity contribution in [2.75, 3.05) is 0 Å². The van der Waals surface area contributed by atoms with Crippen molar-refractivity contribution in [2.24, 2.45) is 5.10 Å². The van der Waals surface area contributed by atoms with Crippen molar-refractivity contribution in [1.29, 1.82) is 0 Å². The van der Waals surface area contributed by atoms with E-state index in [-0.39, 0.29) is 22.6 Å². The molecule has 7 nitrogen and oxygen atoms in total. The van der Waals surface area contributed by atoms with Crippen LogP contribution in [0.5, 0.6) is 5.75 Å². The van der Waals surface area contributed by atoms with E-state index in [0.29, 0.717) is 5.56 Å². The lowest BCUT2D eigenvalue weighted by atomic mass is 10.0. The number of nitro groups is 1. The van der Waals surface area contributed by atoms with Gasteiger partial charge in [-0.3, -0.25) is 14.9 Å². The summed E-state index contributed by atoms with van der Waals surface area (Å²) >= 11 is 0. The molecule has 2 N–H and O–H groups in total. The van der Waals surface area contributed by atoms with Crippen molar-refractivity contribution in [3.63, 3.8) is 0 Å². The summed E-state index contributed by atoms with van der Waals surface area (Å²) in [6, 6.07) is 15.1. The number of hydrogen-bond acceptors (Lipinski definition) is 5. The average Bonchev–Trinajstić information content (AvgIpc) is 2.63. The Kier molecular flexibility index (Phi) is 4.62. The number of aromatic hydroxyl groups is 1. The van der Waals surface area contributed by atoms with Gasteiger partial charge in [0.05, 0.1) is 16.7 Å². The molecule has 0 aliphatic carbocycles. The van der Waals surface area contributed by atoms with Crippen LogP contribution in [-0.4, -0.2) is 22.2 Å². The third-order valence-corrected chi connectivity index (χ3v) is 4.05. The molecule has 3 rings (SSSR count). The van der Waals surface area contributed by atoms with Gasteiger partial charge >= 0.3 is 0 Å². The lowest BCUT2D eigenvalue weighted by molar-refractivity contribution is -0.385. The van der Waals surface area contributed by atoms with Gasteiger partial charge in [0.25, 0.3) is 11.6 Å². The molecule has 0 saturated carbocycles. The van der Waals surface area contributed by atoms with Crippen molar-refractivity contribution >= 4 is 28.6 Å². The molecular formula is C19H15N3O4. The van der Waals surface area contributed by atoms with E-state index in [1.165, 1.54) is 31.3 Å². The second-order valence-corrected chi connectivity index (χ2v) is 5.63. The predicted octanol–water partition coefficient (Wildman–Crippen LogP) is 3.53. The summed E-state index contributed by atoms with van der Waals surface area (Å²) < 4.78 is 0. The third kappa shape index (κ3) is 3.23. The van der Waals surface area contributed by atoms with Crippen LogP contribution < -0.4 is 5.43 Å². The maximum Gasteiger partial charge on any atom is 0.273 e. The van der Waals surface area contributed by atoms with Crippen LogP contribution >= 0.6 is 0 Å². The Morgan fingerprint density at radius 1 is 1.15 bits per heavy atom. The normalized spacial score (nSPS) is 11.0. The molecule has 0 spiro atoms. The van der Waals surface area contributed by atoms with Crippen LogP contribution in [0.2, 0.25) is 0 Å². The van der Waals surface area contributed by atoms with Crippen molar-refractivity contribution in [2.45, 2.75) is 6.92 Å². The second kappa shape index (κ2) is 7.02. The number of fused-ring (bicyclic) bond motifs is 1. The molecule has 3 aromatic carbocycles. The fourth-order valence-corrected chi connectivity index (χ4v) is 2.70. The molecule has 0 saturated heterocycles. The number of carbonyl (C=O) groups excluding carboxylic acids is 1. The van der Waals surface area contributed by atoms with Gasteiger partial charge in [0, 0.05) is 17.2 Å². The summed E-state index contributed by atoms with van der Waals surface area (Å²) in [5.74, 6) is -0.532. The number of rotatable bonds is 4. The summed E-state index contributed by atoms with van der Waals surface area (Å²) in [4.78, 5) is 22.7. The summed E-state index contributed by atoms with van der Waals surface area (Å²) in [5, 5.41) is 26.6. The van der Waals surface area contributed by atoms with Crippen molar-refractivity contribution in [1.82, 2.24) is 5.43 Å². The first kappa shape index (κ1) is 17.1. The highest BCUT2D eigenvalue weighted by Crippen LogP contribution is 2.25. The lowest BCUT2D eigenvalue weighted by Gasteiger charge is -2.06. The maximum atomic E-state index is 12.3. The van der Waals surface area contributed by atoms with Gasteiger partial charge in [-0.1, -0.05) is 36.4 Å². The first-order valence-corrected chi connectivity index (χ1v) is 7.77. The molecule has 0 bridgehead atoms. The SMILES string of the molecule is Cc1c(C(=O)N/N=C\c2c(O)ccc3ccccc23)cccc1[N+](=O)[O-]. The van der Waals surface area contributed by atoms with E-state index in [1.807, 2.05) is 24.3 Å². The van der Waals surface area contributed by atoms with Crippen molar-refractivity contribution in [3.8, 4) is 5.75 Å². The van der Waals surface area contributed by atoms with E-state index in [4.69, 9.17) is 0 Å².